The minimum atomic E-state index is 0.879. The zero-order valence-electron chi connectivity index (χ0n) is 12.6. The van der Waals surface area contributed by atoms with Gasteiger partial charge in [0.1, 0.15) is 11.5 Å². The lowest BCUT2D eigenvalue weighted by atomic mass is 9.97. The van der Waals surface area contributed by atoms with Gasteiger partial charge in [0.15, 0.2) is 0 Å². The third-order valence-electron chi connectivity index (χ3n) is 3.83. The van der Waals surface area contributed by atoms with Crippen LogP contribution in [0, 0.1) is 0 Å². The van der Waals surface area contributed by atoms with Gasteiger partial charge in [-0.05, 0) is 24.6 Å². The van der Waals surface area contributed by atoms with Crippen LogP contribution in [0.4, 0.5) is 0 Å². The SMILES string of the molecule is C=C(C)c1ccc2c(OC)c3ccccc3c(OC)c2c1. The second kappa shape index (κ2) is 5.13. The molecule has 0 unspecified atom stereocenters. The van der Waals surface area contributed by atoms with Crippen LogP contribution in [0.25, 0.3) is 27.1 Å². The van der Waals surface area contributed by atoms with Crippen LogP contribution in [0.1, 0.15) is 12.5 Å². The van der Waals surface area contributed by atoms with Crippen LogP contribution in [-0.2, 0) is 0 Å². The van der Waals surface area contributed by atoms with E-state index in [1.165, 1.54) is 0 Å². The zero-order valence-corrected chi connectivity index (χ0v) is 12.6. The standard InChI is InChI=1S/C19H18O2/c1-12(2)13-9-10-16-17(11-13)19(21-4)15-8-6-5-7-14(15)18(16)20-3/h5-11H,1H2,2-4H3. The second-order valence-corrected chi connectivity index (χ2v) is 5.15. The molecule has 21 heavy (non-hydrogen) atoms. The minimum absolute atomic E-state index is 0.879. The lowest BCUT2D eigenvalue weighted by molar-refractivity contribution is 0.417. The fraction of sp³-hybridized carbons (Fsp3) is 0.158. The lowest BCUT2D eigenvalue weighted by Gasteiger charge is -2.15. The molecule has 0 amide bonds. The average Bonchev–Trinajstić information content (AvgIpc) is 2.51. The number of methoxy groups -OCH3 is 2. The zero-order chi connectivity index (χ0) is 15.0. The van der Waals surface area contributed by atoms with E-state index in [1.54, 1.807) is 14.2 Å². The van der Waals surface area contributed by atoms with Crippen LogP contribution >= 0.6 is 0 Å². The number of hydrogen-bond donors (Lipinski definition) is 0. The van der Waals surface area contributed by atoms with Gasteiger partial charge in [0.05, 0.1) is 14.2 Å². The highest BCUT2D eigenvalue weighted by molar-refractivity contribution is 6.11. The number of benzene rings is 3. The van der Waals surface area contributed by atoms with Crippen molar-refractivity contribution in [2.75, 3.05) is 14.2 Å². The lowest BCUT2D eigenvalue weighted by Crippen LogP contribution is -1.93. The molecule has 3 rings (SSSR count). The predicted molar refractivity (Wildman–Crippen MR) is 89.3 cm³/mol. The Bertz CT molecular complexity index is 847. The first-order valence-corrected chi connectivity index (χ1v) is 6.89. The van der Waals surface area contributed by atoms with E-state index in [4.69, 9.17) is 9.47 Å². The van der Waals surface area contributed by atoms with Gasteiger partial charge in [0, 0.05) is 21.5 Å². The van der Waals surface area contributed by atoms with Gasteiger partial charge >= 0.3 is 0 Å². The first-order chi connectivity index (χ1) is 10.2. The summed E-state index contributed by atoms with van der Waals surface area (Å²) < 4.78 is 11.4. The van der Waals surface area contributed by atoms with Crippen molar-refractivity contribution < 1.29 is 9.47 Å². The summed E-state index contributed by atoms with van der Waals surface area (Å²) in [6, 6.07) is 14.4. The Balaban J connectivity index is 2.54. The molecule has 0 bridgehead atoms. The topological polar surface area (TPSA) is 18.5 Å². The van der Waals surface area contributed by atoms with E-state index < -0.39 is 0 Å². The smallest absolute Gasteiger partial charge is 0.134 e. The molecule has 0 aliphatic rings. The van der Waals surface area contributed by atoms with Crippen LogP contribution in [-0.4, -0.2) is 14.2 Å². The van der Waals surface area contributed by atoms with Gasteiger partial charge < -0.3 is 9.47 Å². The van der Waals surface area contributed by atoms with Crippen molar-refractivity contribution in [1.82, 2.24) is 0 Å². The van der Waals surface area contributed by atoms with Crippen molar-refractivity contribution in [3.05, 3.63) is 54.6 Å². The number of hydrogen-bond acceptors (Lipinski definition) is 2. The molecule has 106 valence electrons. The molecule has 0 N–H and O–H groups in total. The van der Waals surface area contributed by atoms with Crippen molar-refractivity contribution in [2.45, 2.75) is 6.92 Å². The van der Waals surface area contributed by atoms with Crippen molar-refractivity contribution in [1.29, 1.82) is 0 Å². The fourth-order valence-electron chi connectivity index (χ4n) is 2.80. The molecule has 0 fully saturated rings. The van der Waals surface area contributed by atoms with E-state index in [9.17, 15) is 0 Å². The quantitative estimate of drug-likeness (QED) is 0.625. The summed E-state index contributed by atoms with van der Waals surface area (Å²) in [4.78, 5) is 0. The van der Waals surface area contributed by atoms with Gasteiger partial charge in [0.25, 0.3) is 0 Å². The molecule has 0 aromatic heterocycles. The summed E-state index contributed by atoms with van der Waals surface area (Å²) in [6.45, 7) is 6.03. The maximum absolute atomic E-state index is 5.69. The van der Waals surface area contributed by atoms with Crippen molar-refractivity contribution in [2.24, 2.45) is 0 Å². The largest absolute Gasteiger partial charge is 0.495 e. The highest BCUT2D eigenvalue weighted by Gasteiger charge is 2.15. The Morgan fingerprint density at radius 2 is 1.33 bits per heavy atom. The van der Waals surface area contributed by atoms with E-state index >= 15 is 0 Å². The molecule has 0 spiro atoms. The van der Waals surface area contributed by atoms with E-state index in [0.717, 1.165) is 44.2 Å². The molecule has 0 radical (unpaired) electrons. The Morgan fingerprint density at radius 1 is 0.810 bits per heavy atom. The maximum Gasteiger partial charge on any atom is 0.134 e. The van der Waals surface area contributed by atoms with Crippen LogP contribution in [0.2, 0.25) is 0 Å². The van der Waals surface area contributed by atoms with Crippen molar-refractivity contribution in [3.8, 4) is 11.5 Å². The number of ether oxygens (including phenoxy) is 2. The van der Waals surface area contributed by atoms with E-state index in [0.29, 0.717) is 0 Å². The molecule has 0 saturated carbocycles. The maximum atomic E-state index is 5.69. The number of allylic oxidation sites excluding steroid dienone is 1. The Hall–Kier alpha value is -2.48. The van der Waals surface area contributed by atoms with Gasteiger partial charge in [0.2, 0.25) is 0 Å². The molecule has 0 heterocycles. The highest BCUT2D eigenvalue weighted by Crippen LogP contribution is 2.43. The van der Waals surface area contributed by atoms with Crippen LogP contribution in [0.3, 0.4) is 0 Å². The predicted octanol–water partition coefficient (Wildman–Crippen LogP) is 5.04. The van der Waals surface area contributed by atoms with E-state index in [1.807, 2.05) is 19.1 Å². The normalized spacial score (nSPS) is 10.8. The van der Waals surface area contributed by atoms with Crippen LogP contribution < -0.4 is 9.47 Å². The molecule has 0 atom stereocenters. The van der Waals surface area contributed by atoms with Gasteiger partial charge in [-0.3, -0.25) is 0 Å². The summed E-state index contributed by atoms with van der Waals surface area (Å²) in [5.74, 6) is 1.76. The average molecular weight is 278 g/mol. The monoisotopic (exact) mass is 278 g/mol. The van der Waals surface area contributed by atoms with E-state index in [-0.39, 0.29) is 0 Å². The summed E-state index contributed by atoms with van der Waals surface area (Å²) >= 11 is 0. The Kier molecular flexibility index (Phi) is 3.30. The summed E-state index contributed by atoms with van der Waals surface area (Å²) in [5.41, 5.74) is 2.14. The first-order valence-electron chi connectivity index (χ1n) is 6.89. The van der Waals surface area contributed by atoms with Crippen LogP contribution in [0.5, 0.6) is 11.5 Å². The molecule has 2 heteroatoms. The molecule has 3 aromatic rings. The first kappa shape index (κ1) is 13.5. The number of fused-ring (bicyclic) bond motifs is 2. The Labute approximate surface area is 124 Å². The number of rotatable bonds is 3. The van der Waals surface area contributed by atoms with Gasteiger partial charge in [-0.15, -0.1) is 0 Å². The molecule has 2 nitrogen and oxygen atoms in total. The summed E-state index contributed by atoms with van der Waals surface area (Å²) in [5, 5.41) is 4.22. The van der Waals surface area contributed by atoms with Gasteiger partial charge in [-0.1, -0.05) is 42.5 Å². The van der Waals surface area contributed by atoms with Crippen LogP contribution in [0.15, 0.2) is 49.0 Å². The second-order valence-electron chi connectivity index (χ2n) is 5.15. The third-order valence-corrected chi connectivity index (χ3v) is 3.83. The molecule has 0 aliphatic heterocycles. The summed E-state index contributed by atoms with van der Waals surface area (Å²) in [6.07, 6.45) is 0. The van der Waals surface area contributed by atoms with Gasteiger partial charge in [-0.25, -0.2) is 0 Å². The molecular formula is C19H18O2. The van der Waals surface area contributed by atoms with E-state index in [2.05, 4.69) is 36.9 Å². The molecule has 0 saturated heterocycles. The van der Waals surface area contributed by atoms with Crippen molar-refractivity contribution >= 4 is 27.1 Å². The Morgan fingerprint density at radius 3 is 1.86 bits per heavy atom. The minimum Gasteiger partial charge on any atom is -0.495 e. The van der Waals surface area contributed by atoms with Gasteiger partial charge in [-0.2, -0.15) is 0 Å². The molecular weight excluding hydrogens is 260 g/mol. The third kappa shape index (κ3) is 2.04. The molecule has 0 aliphatic carbocycles. The molecule has 3 aromatic carbocycles. The fourth-order valence-corrected chi connectivity index (χ4v) is 2.80. The van der Waals surface area contributed by atoms with Crippen molar-refractivity contribution in [3.63, 3.8) is 0 Å². The summed E-state index contributed by atoms with van der Waals surface area (Å²) in [7, 11) is 3.42. The highest BCUT2D eigenvalue weighted by atomic mass is 16.5.